The summed E-state index contributed by atoms with van der Waals surface area (Å²) in [5, 5.41) is 11.5. The van der Waals surface area contributed by atoms with Crippen LogP contribution in [0, 0.1) is 5.92 Å². The number of ketones is 1. The molecule has 1 fully saturated rings. The number of nitrogens with zero attached hydrogens (tertiary/aromatic N) is 2. The van der Waals surface area contributed by atoms with E-state index in [9.17, 15) is 14.7 Å². The van der Waals surface area contributed by atoms with E-state index in [-0.39, 0.29) is 11.3 Å². The van der Waals surface area contributed by atoms with Gasteiger partial charge in [0.1, 0.15) is 19.0 Å². The zero-order valence-electron chi connectivity index (χ0n) is 24.8. The fraction of sp³-hybridized carbons (Fsp3) is 0.500. The minimum absolute atomic E-state index is 0.0298. The summed E-state index contributed by atoms with van der Waals surface area (Å²) in [4.78, 5) is 30.7. The van der Waals surface area contributed by atoms with Gasteiger partial charge < -0.3 is 33.9 Å². The predicted octanol–water partition coefficient (Wildman–Crippen LogP) is 5.04. The Morgan fingerprint density at radius 3 is 2.41 bits per heavy atom. The Hall–Kier alpha value is -3.72. The molecule has 222 valence electrons. The molecule has 0 saturated carbocycles. The molecule has 2 aromatic carbocycles. The average Bonchev–Trinajstić information content (AvgIpc) is 3.22. The first-order chi connectivity index (χ1) is 19.8. The highest BCUT2D eigenvalue weighted by molar-refractivity contribution is 6.46. The van der Waals surface area contributed by atoms with Gasteiger partial charge >= 0.3 is 0 Å². The zero-order chi connectivity index (χ0) is 29.5. The standard InChI is InChI=1S/C32H42N2O7/c1-6-33(7-2)14-15-34-29(22-9-11-24(26(19-22)38-8-3)39-16-13-21(4)5)28(31(36)32(34)37)30(35)23-10-12-25-27(20-23)41-18-17-40-25/h9-12,19-21,29,35H,6-8,13-18H2,1-5H3/t29-/m0/s1. The molecule has 41 heavy (non-hydrogen) atoms. The van der Waals surface area contributed by atoms with E-state index in [0.29, 0.717) is 79.6 Å². The third kappa shape index (κ3) is 6.78. The quantitative estimate of drug-likeness (QED) is 0.205. The Balaban J connectivity index is 1.78. The molecule has 0 aliphatic carbocycles. The Morgan fingerprint density at radius 2 is 1.73 bits per heavy atom. The summed E-state index contributed by atoms with van der Waals surface area (Å²) in [7, 11) is 0. The van der Waals surface area contributed by atoms with Crippen LogP contribution in [-0.4, -0.2) is 79.2 Å². The second kappa shape index (κ2) is 13.8. The number of hydrogen-bond donors (Lipinski definition) is 1. The van der Waals surface area contributed by atoms with Crippen molar-refractivity contribution < 1.29 is 33.6 Å². The van der Waals surface area contributed by atoms with Crippen molar-refractivity contribution in [3.63, 3.8) is 0 Å². The molecule has 1 amide bonds. The van der Waals surface area contributed by atoms with Crippen LogP contribution in [-0.2, 0) is 9.59 Å². The van der Waals surface area contributed by atoms with Gasteiger partial charge in [-0.05, 0) is 68.2 Å². The summed E-state index contributed by atoms with van der Waals surface area (Å²) in [6.07, 6.45) is 0.897. The Labute approximate surface area is 242 Å². The molecule has 4 rings (SSSR count). The number of carbonyl (C=O) groups excluding carboxylic acids is 2. The molecular formula is C32H42N2O7. The van der Waals surface area contributed by atoms with Gasteiger partial charge in [0, 0.05) is 18.7 Å². The van der Waals surface area contributed by atoms with E-state index < -0.39 is 17.7 Å². The van der Waals surface area contributed by atoms with Crippen LogP contribution in [0.2, 0.25) is 0 Å². The van der Waals surface area contributed by atoms with Crippen molar-refractivity contribution in [2.45, 2.75) is 47.1 Å². The van der Waals surface area contributed by atoms with E-state index in [2.05, 4.69) is 32.6 Å². The lowest BCUT2D eigenvalue weighted by Crippen LogP contribution is -2.38. The van der Waals surface area contributed by atoms with Gasteiger partial charge in [0.05, 0.1) is 24.8 Å². The minimum Gasteiger partial charge on any atom is -0.507 e. The first-order valence-corrected chi connectivity index (χ1v) is 14.6. The monoisotopic (exact) mass is 566 g/mol. The SMILES string of the molecule is CCOc1cc([C@H]2C(=C(O)c3ccc4c(c3)OCCO4)C(=O)C(=O)N2CCN(CC)CC)ccc1OCCC(C)C. The lowest BCUT2D eigenvalue weighted by molar-refractivity contribution is -0.140. The van der Waals surface area contributed by atoms with Crippen molar-refractivity contribution in [1.82, 2.24) is 9.80 Å². The number of aliphatic hydroxyl groups excluding tert-OH is 1. The molecule has 2 aliphatic rings. The number of aliphatic hydroxyl groups is 1. The molecule has 1 atom stereocenters. The van der Waals surface area contributed by atoms with Crippen molar-refractivity contribution in [2.24, 2.45) is 5.92 Å². The van der Waals surface area contributed by atoms with E-state index in [4.69, 9.17) is 18.9 Å². The summed E-state index contributed by atoms with van der Waals surface area (Å²) in [6.45, 7) is 14.6. The number of rotatable bonds is 13. The van der Waals surface area contributed by atoms with Gasteiger partial charge in [-0.2, -0.15) is 0 Å². The van der Waals surface area contributed by atoms with Gasteiger partial charge in [-0.3, -0.25) is 9.59 Å². The summed E-state index contributed by atoms with van der Waals surface area (Å²) < 4.78 is 23.3. The topological polar surface area (TPSA) is 97.8 Å². The van der Waals surface area contributed by atoms with Crippen molar-refractivity contribution in [3.8, 4) is 23.0 Å². The molecule has 1 saturated heterocycles. The van der Waals surface area contributed by atoms with Crippen LogP contribution >= 0.6 is 0 Å². The van der Waals surface area contributed by atoms with Crippen LogP contribution < -0.4 is 18.9 Å². The smallest absolute Gasteiger partial charge is 0.295 e. The van der Waals surface area contributed by atoms with Crippen LogP contribution in [0.4, 0.5) is 0 Å². The van der Waals surface area contributed by atoms with Gasteiger partial charge in [-0.25, -0.2) is 0 Å². The second-order valence-corrected chi connectivity index (χ2v) is 10.5. The Morgan fingerprint density at radius 1 is 1.00 bits per heavy atom. The van der Waals surface area contributed by atoms with E-state index in [1.807, 2.05) is 25.1 Å². The third-order valence-corrected chi connectivity index (χ3v) is 7.44. The van der Waals surface area contributed by atoms with Crippen molar-refractivity contribution >= 4 is 17.4 Å². The molecule has 0 aromatic heterocycles. The van der Waals surface area contributed by atoms with Gasteiger partial charge in [0.25, 0.3) is 11.7 Å². The normalized spacial score (nSPS) is 17.9. The molecule has 2 heterocycles. The highest BCUT2D eigenvalue weighted by Crippen LogP contribution is 2.43. The molecule has 0 spiro atoms. The summed E-state index contributed by atoms with van der Waals surface area (Å²) in [5.41, 5.74) is 1.06. The number of fused-ring (bicyclic) bond motifs is 1. The fourth-order valence-electron chi connectivity index (χ4n) is 5.08. The van der Waals surface area contributed by atoms with Crippen LogP contribution in [0.25, 0.3) is 5.76 Å². The fourth-order valence-corrected chi connectivity index (χ4v) is 5.08. The van der Waals surface area contributed by atoms with Gasteiger partial charge in [0.15, 0.2) is 23.0 Å². The van der Waals surface area contributed by atoms with Crippen LogP contribution in [0.5, 0.6) is 23.0 Å². The molecule has 0 bridgehead atoms. The minimum atomic E-state index is -0.803. The Kier molecular flexibility index (Phi) is 10.2. The number of likely N-dealkylation sites (N-methyl/N-ethyl adjacent to an activating group) is 1. The molecule has 2 aromatic rings. The van der Waals surface area contributed by atoms with Crippen molar-refractivity contribution in [3.05, 3.63) is 53.1 Å². The van der Waals surface area contributed by atoms with E-state index in [0.717, 1.165) is 19.5 Å². The highest BCUT2D eigenvalue weighted by Gasteiger charge is 2.46. The Bertz CT molecular complexity index is 1270. The van der Waals surface area contributed by atoms with E-state index >= 15 is 0 Å². The maximum absolute atomic E-state index is 13.5. The average molecular weight is 567 g/mol. The van der Waals surface area contributed by atoms with Crippen molar-refractivity contribution in [1.29, 1.82) is 0 Å². The molecule has 0 radical (unpaired) electrons. The third-order valence-electron chi connectivity index (χ3n) is 7.44. The summed E-state index contributed by atoms with van der Waals surface area (Å²) in [5.74, 6) is 1.05. The summed E-state index contributed by atoms with van der Waals surface area (Å²) in [6, 6.07) is 9.67. The van der Waals surface area contributed by atoms with Crippen LogP contribution in [0.1, 0.15) is 58.2 Å². The highest BCUT2D eigenvalue weighted by atomic mass is 16.6. The molecule has 0 unspecified atom stereocenters. The number of ether oxygens (including phenoxy) is 4. The number of likely N-dealkylation sites (tertiary alicyclic amines) is 1. The molecule has 2 aliphatic heterocycles. The first-order valence-electron chi connectivity index (χ1n) is 14.6. The van der Waals surface area contributed by atoms with E-state index in [1.165, 1.54) is 0 Å². The first kappa shape index (κ1) is 30.2. The molecular weight excluding hydrogens is 524 g/mol. The van der Waals surface area contributed by atoms with Gasteiger partial charge in [0.2, 0.25) is 0 Å². The van der Waals surface area contributed by atoms with E-state index in [1.54, 1.807) is 23.1 Å². The summed E-state index contributed by atoms with van der Waals surface area (Å²) >= 11 is 0. The maximum Gasteiger partial charge on any atom is 0.295 e. The number of amides is 1. The number of hydrogen-bond acceptors (Lipinski definition) is 8. The lowest BCUT2D eigenvalue weighted by atomic mass is 9.94. The van der Waals surface area contributed by atoms with Crippen LogP contribution in [0.3, 0.4) is 0 Å². The van der Waals surface area contributed by atoms with Crippen molar-refractivity contribution in [2.75, 3.05) is 52.6 Å². The second-order valence-electron chi connectivity index (χ2n) is 10.5. The number of Topliss-reactive ketones (excluding diaryl/α,β-unsaturated/α-hetero) is 1. The largest absolute Gasteiger partial charge is 0.507 e. The zero-order valence-corrected chi connectivity index (χ0v) is 24.8. The predicted molar refractivity (Wildman–Crippen MR) is 157 cm³/mol. The number of carbonyl (C=O) groups is 2. The molecule has 9 nitrogen and oxygen atoms in total. The molecule has 9 heteroatoms. The maximum atomic E-state index is 13.5. The lowest BCUT2D eigenvalue weighted by Gasteiger charge is -2.28. The molecule has 1 N–H and O–H groups in total. The number of benzene rings is 2. The van der Waals surface area contributed by atoms with Gasteiger partial charge in [-0.15, -0.1) is 0 Å². The van der Waals surface area contributed by atoms with Gasteiger partial charge in [-0.1, -0.05) is 33.8 Å². The van der Waals surface area contributed by atoms with Crippen LogP contribution in [0.15, 0.2) is 42.0 Å².